The summed E-state index contributed by atoms with van der Waals surface area (Å²) >= 11 is 1.17. The molecule has 7 heteroatoms. The molecule has 0 N–H and O–H groups in total. The topological polar surface area (TPSA) is 82.3 Å². The van der Waals surface area contributed by atoms with Gasteiger partial charge in [0.2, 0.25) is 0 Å². The molecule has 0 radical (unpaired) electrons. The molecule has 126 valence electrons. The average Bonchev–Trinajstić information content (AvgIpc) is 3.08. The Morgan fingerprint density at radius 3 is 2.56 bits per heavy atom. The monoisotopic (exact) mass is 354 g/mol. The van der Waals surface area contributed by atoms with Gasteiger partial charge >= 0.3 is 5.97 Å². The summed E-state index contributed by atoms with van der Waals surface area (Å²) in [5.74, 6) is -0.449. The van der Waals surface area contributed by atoms with E-state index >= 15 is 0 Å². The smallest absolute Gasteiger partial charge is 0.350 e. The van der Waals surface area contributed by atoms with E-state index in [1.165, 1.54) is 23.5 Å². The van der Waals surface area contributed by atoms with Gasteiger partial charge in [-0.3, -0.25) is 10.1 Å². The number of nitrogens with zero attached hydrogens (tertiary/aromatic N) is 2. The molecule has 25 heavy (non-hydrogen) atoms. The molecule has 6 nitrogen and oxygen atoms in total. The minimum absolute atomic E-state index is 0.0216. The van der Waals surface area contributed by atoms with Crippen molar-refractivity contribution in [1.29, 1.82) is 0 Å². The number of carbonyl (C=O) groups is 1. The van der Waals surface area contributed by atoms with E-state index in [1.54, 1.807) is 19.1 Å². The van der Waals surface area contributed by atoms with Gasteiger partial charge in [0, 0.05) is 23.3 Å². The molecule has 1 aromatic heterocycles. The lowest BCUT2D eigenvalue weighted by molar-refractivity contribution is -0.384. The third-order valence-corrected chi connectivity index (χ3v) is 4.52. The van der Waals surface area contributed by atoms with Crippen LogP contribution in [0.5, 0.6) is 0 Å². The maximum absolute atomic E-state index is 12.3. The molecule has 0 bridgehead atoms. The number of nitro groups is 1. The van der Waals surface area contributed by atoms with Crippen LogP contribution >= 0.6 is 11.3 Å². The van der Waals surface area contributed by atoms with Gasteiger partial charge in [-0.1, -0.05) is 42.5 Å². The second-order valence-corrected chi connectivity index (χ2v) is 6.09. The Bertz CT molecular complexity index is 922. The second kappa shape index (κ2) is 7.23. The highest BCUT2D eigenvalue weighted by atomic mass is 32.1. The lowest BCUT2D eigenvalue weighted by Gasteiger charge is -2.01. The minimum atomic E-state index is -0.457. The Balaban J connectivity index is 2.12. The van der Waals surface area contributed by atoms with E-state index in [2.05, 4.69) is 4.98 Å². The number of ether oxygens (including phenoxy) is 1. The van der Waals surface area contributed by atoms with E-state index < -0.39 is 10.9 Å². The Morgan fingerprint density at radius 1 is 1.16 bits per heavy atom. The molecular weight excluding hydrogens is 340 g/mol. The number of hydrogen-bond acceptors (Lipinski definition) is 6. The average molecular weight is 354 g/mol. The fourth-order valence-corrected chi connectivity index (χ4v) is 3.30. The molecule has 2 aromatic carbocycles. The maximum atomic E-state index is 12.3. The van der Waals surface area contributed by atoms with Crippen LogP contribution in [0.2, 0.25) is 0 Å². The summed E-state index contributed by atoms with van der Waals surface area (Å²) in [6.45, 7) is 2.00. The molecule has 0 amide bonds. The molecule has 0 aliphatic carbocycles. The summed E-state index contributed by atoms with van der Waals surface area (Å²) in [5.41, 5.74) is 1.88. The standard InChI is InChI=1S/C18H14N2O4S/c1-2-24-18(21)16-15(12-7-4-3-5-8-12)19-17(25-16)13-9-6-10-14(11-13)20(22)23/h3-11H,2H2,1H3. The second-order valence-electron chi connectivity index (χ2n) is 5.09. The van der Waals surface area contributed by atoms with Crippen LogP contribution in [-0.2, 0) is 4.74 Å². The lowest BCUT2D eigenvalue weighted by Crippen LogP contribution is -2.03. The van der Waals surface area contributed by atoms with Gasteiger partial charge in [0.05, 0.1) is 17.2 Å². The summed E-state index contributed by atoms with van der Waals surface area (Å²) in [5, 5.41) is 11.5. The maximum Gasteiger partial charge on any atom is 0.350 e. The summed E-state index contributed by atoms with van der Waals surface area (Å²) in [4.78, 5) is 27.8. The first-order valence-corrected chi connectivity index (χ1v) is 8.40. The third-order valence-electron chi connectivity index (χ3n) is 3.44. The molecule has 0 saturated carbocycles. The van der Waals surface area contributed by atoms with E-state index in [9.17, 15) is 14.9 Å². The van der Waals surface area contributed by atoms with Crippen LogP contribution in [0.15, 0.2) is 54.6 Å². The van der Waals surface area contributed by atoms with Gasteiger partial charge < -0.3 is 4.74 Å². The van der Waals surface area contributed by atoms with Gasteiger partial charge in [0.15, 0.2) is 0 Å². The molecule has 3 aromatic rings. The number of non-ortho nitro benzene ring substituents is 1. The van der Waals surface area contributed by atoms with Crippen LogP contribution in [0, 0.1) is 10.1 Å². The predicted octanol–water partition coefficient (Wildman–Crippen LogP) is 4.56. The molecule has 0 spiro atoms. The number of aromatic nitrogens is 1. The van der Waals surface area contributed by atoms with Crippen molar-refractivity contribution in [3.8, 4) is 21.8 Å². The highest BCUT2D eigenvalue weighted by Gasteiger charge is 2.22. The molecule has 0 aliphatic rings. The highest BCUT2D eigenvalue weighted by Crippen LogP contribution is 2.35. The van der Waals surface area contributed by atoms with E-state index in [-0.39, 0.29) is 12.3 Å². The number of hydrogen-bond donors (Lipinski definition) is 0. The molecular formula is C18H14N2O4S. The van der Waals surface area contributed by atoms with Crippen LogP contribution in [-0.4, -0.2) is 22.5 Å². The predicted molar refractivity (Wildman–Crippen MR) is 95.6 cm³/mol. The van der Waals surface area contributed by atoms with Crippen molar-refractivity contribution < 1.29 is 14.5 Å². The molecule has 0 atom stereocenters. The first-order chi connectivity index (χ1) is 12.1. The van der Waals surface area contributed by atoms with Gasteiger partial charge in [-0.25, -0.2) is 9.78 Å². The van der Waals surface area contributed by atoms with E-state index in [1.807, 2.05) is 30.3 Å². The van der Waals surface area contributed by atoms with Crippen LogP contribution in [0.1, 0.15) is 16.6 Å². The van der Waals surface area contributed by atoms with Gasteiger partial charge in [-0.2, -0.15) is 0 Å². The van der Waals surface area contributed by atoms with Crippen LogP contribution in [0.25, 0.3) is 21.8 Å². The van der Waals surface area contributed by atoms with Crippen molar-refractivity contribution in [3.05, 3.63) is 69.6 Å². The van der Waals surface area contributed by atoms with Crippen molar-refractivity contribution in [2.45, 2.75) is 6.92 Å². The largest absolute Gasteiger partial charge is 0.462 e. The first kappa shape index (κ1) is 16.8. The molecule has 1 heterocycles. The highest BCUT2D eigenvalue weighted by molar-refractivity contribution is 7.17. The zero-order chi connectivity index (χ0) is 17.8. The van der Waals surface area contributed by atoms with Crippen molar-refractivity contribution in [1.82, 2.24) is 4.98 Å². The summed E-state index contributed by atoms with van der Waals surface area (Å²) < 4.78 is 5.12. The van der Waals surface area contributed by atoms with Crippen molar-refractivity contribution in [2.75, 3.05) is 6.61 Å². The Labute approximate surface area is 147 Å². The molecule has 0 fully saturated rings. The lowest BCUT2D eigenvalue weighted by atomic mass is 10.1. The minimum Gasteiger partial charge on any atom is -0.462 e. The van der Waals surface area contributed by atoms with Crippen LogP contribution in [0.3, 0.4) is 0 Å². The van der Waals surface area contributed by atoms with Crippen molar-refractivity contribution >= 4 is 23.0 Å². The molecule has 0 aliphatic heterocycles. The number of thiazole rings is 1. The number of rotatable bonds is 5. The zero-order valence-electron chi connectivity index (χ0n) is 13.3. The van der Waals surface area contributed by atoms with E-state index in [4.69, 9.17) is 4.74 Å². The quantitative estimate of drug-likeness (QED) is 0.381. The molecule has 0 unspecified atom stereocenters. The van der Waals surface area contributed by atoms with Crippen molar-refractivity contribution in [3.63, 3.8) is 0 Å². The number of benzene rings is 2. The Hall–Kier alpha value is -3.06. The first-order valence-electron chi connectivity index (χ1n) is 7.58. The fraction of sp³-hybridized carbons (Fsp3) is 0.111. The van der Waals surface area contributed by atoms with Gasteiger partial charge in [0.1, 0.15) is 9.88 Å². The normalized spacial score (nSPS) is 10.4. The Morgan fingerprint density at radius 2 is 1.88 bits per heavy atom. The van der Waals surface area contributed by atoms with E-state index in [0.29, 0.717) is 21.1 Å². The van der Waals surface area contributed by atoms with Gasteiger partial charge in [0.25, 0.3) is 5.69 Å². The van der Waals surface area contributed by atoms with Crippen molar-refractivity contribution in [2.24, 2.45) is 0 Å². The summed E-state index contributed by atoms with van der Waals surface area (Å²) in [6, 6.07) is 15.5. The fourth-order valence-electron chi connectivity index (χ4n) is 2.32. The number of esters is 1. The molecule has 0 saturated heterocycles. The summed E-state index contributed by atoms with van der Waals surface area (Å²) in [7, 11) is 0. The number of carbonyl (C=O) groups excluding carboxylic acids is 1. The third kappa shape index (κ3) is 3.56. The van der Waals surface area contributed by atoms with E-state index in [0.717, 1.165) is 5.56 Å². The molecule has 3 rings (SSSR count). The zero-order valence-corrected chi connectivity index (χ0v) is 14.2. The van der Waals surface area contributed by atoms with Gasteiger partial charge in [-0.15, -0.1) is 11.3 Å². The summed E-state index contributed by atoms with van der Waals surface area (Å²) in [6.07, 6.45) is 0. The Kier molecular flexibility index (Phi) is 4.85. The van der Waals surface area contributed by atoms with Gasteiger partial charge in [-0.05, 0) is 6.92 Å². The van der Waals surface area contributed by atoms with Crippen LogP contribution < -0.4 is 0 Å². The number of nitro benzene ring substituents is 1. The SMILES string of the molecule is CCOC(=O)c1sc(-c2cccc([N+](=O)[O-])c2)nc1-c1ccccc1. The van der Waals surface area contributed by atoms with Crippen LogP contribution in [0.4, 0.5) is 5.69 Å².